The van der Waals surface area contributed by atoms with Crippen LogP contribution in [0.25, 0.3) is 0 Å². The van der Waals surface area contributed by atoms with E-state index in [9.17, 15) is 9.90 Å². The summed E-state index contributed by atoms with van der Waals surface area (Å²) in [5.41, 5.74) is 1.74. The molecular formula is C24H31NO4. The molecule has 1 aromatic carbocycles. The number of aliphatic hydroxyl groups is 1. The average Bonchev–Trinajstić information content (AvgIpc) is 2.96. The number of aliphatic hydroxyl groups excluding tert-OH is 1. The van der Waals surface area contributed by atoms with Crippen LogP contribution in [0.1, 0.15) is 63.0 Å². The molecule has 3 atom stereocenters. The van der Waals surface area contributed by atoms with E-state index in [1.165, 1.54) is 12.0 Å². The van der Waals surface area contributed by atoms with Gasteiger partial charge in [0.1, 0.15) is 6.10 Å². The van der Waals surface area contributed by atoms with Crippen LogP contribution < -0.4 is 9.47 Å². The Balaban J connectivity index is 1.55. The van der Waals surface area contributed by atoms with E-state index in [-0.39, 0.29) is 17.5 Å². The Morgan fingerprint density at radius 3 is 2.83 bits per heavy atom. The number of hydrogen-bond donors (Lipinski definition) is 1. The smallest absolute Gasteiger partial charge is 0.317 e. The minimum absolute atomic E-state index is 0.118. The lowest BCUT2D eigenvalue weighted by Crippen LogP contribution is -2.42. The number of ether oxygens (including phenoxy) is 2. The van der Waals surface area contributed by atoms with E-state index >= 15 is 0 Å². The molecule has 0 bridgehead atoms. The summed E-state index contributed by atoms with van der Waals surface area (Å²) >= 11 is 0. The van der Waals surface area contributed by atoms with E-state index in [1.54, 1.807) is 0 Å². The van der Waals surface area contributed by atoms with Crippen LogP contribution in [-0.4, -0.2) is 41.8 Å². The molecule has 0 saturated heterocycles. The Morgan fingerprint density at radius 2 is 2.03 bits per heavy atom. The highest BCUT2D eigenvalue weighted by Crippen LogP contribution is 2.56. The fourth-order valence-electron chi connectivity index (χ4n) is 5.76. The molecular weight excluding hydrogens is 366 g/mol. The molecule has 5 rings (SSSR count). The molecule has 1 fully saturated rings. The van der Waals surface area contributed by atoms with Crippen molar-refractivity contribution in [2.45, 2.75) is 76.0 Å². The maximum atomic E-state index is 13.1. The van der Waals surface area contributed by atoms with Gasteiger partial charge in [0, 0.05) is 18.5 Å². The maximum Gasteiger partial charge on any atom is 0.317 e. The van der Waals surface area contributed by atoms with Crippen molar-refractivity contribution in [3.8, 4) is 11.5 Å². The van der Waals surface area contributed by atoms with Gasteiger partial charge in [-0.15, -0.1) is 0 Å². The second-order valence-corrected chi connectivity index (χ2v) is 9.73. The lowest BCUT2D eigenvalue weighted by molar-refractivity contribution is -0.146. The topological polar surface area (TPSA) is 59.0 Å². The van der Waals surface area contributed by atoms with Crippen LogP contribution in [0, 0.1) is 5.41 Å². The maximum absolute atomic E-state index is 13.1. The zero-order valence-corrected chi connectivity index (χ0v) is 17.4. The van der Waals surface area contributed by atoms with Gasteiger partial charge in [0.2, 0.25) is 0 Å². The third kappa shape index (κ3) is 3.01. The Kier molecular flexibility index (Phi) is 4.52. The lowest BCUT2D eigenvalue weighted by Gasteiger charge is -2.35. The van der Waals surface area contributed by atoms with Crippen LogP contribution in [0.5, 0.6) is 11.5 Å². The summed E-state index contributed by atoms with van der Waals surface area (Å²) in [6.07, 6.45) is 10.1. The van der Waals surface area contributed by atoms with Crippen LogP contribution in [-0.2, 0) is 16.8 Å². The summed E-state index contributed by atoms with van der Waals surface area (Å²) in [6.45, 7) is 3.84. The van der Waals surface area contributed by atoms with Crippen molar-refractivity contribution in [2.24, 2.45) is 5.41 Å². The average molecular weight is 398 g/mol. The first-order valence-electron chi connectivity index (χ1n) is 11.0. The largest absolute Gasteiger partial charge is 0.485 e. The Bertz CT molecular complexity index is 857. The van der Waals surface area contributed by atoms with Gasteiger partial charge in [-0.25, -0.2) is 0 Å². The van der Waals surface area contributed by atoms with Gasteiger partial charge in [-0.3, -0.25) is 4.79 Å². The highest BCUT2D eigenvalue weighted by atomic mass is 16.6. The standard InChI is InChI=1S/C24H31NO4/c1-23(9-4-3-5-10-23)22(27)28-18-7-6-16-15-25(2)13-12-24-11-8-17(26)14-19(24)29-21(18)20(16)24/h6-8,11,17,19,26H,3-5,9-10,12-15H2,1-2H3/t17-,19-,24-/m0/s1. The quantitative estimate of drug-likeness (QED) is 0.468. The van der Waals surface area contributed by atoms with E-state index in [0.717, 1.165) is 50.8 Å². The zero-order valence-electron chi connectivity index (χ0n) is 17.4. The van der Waals surface area contributed by atoms with Crippen molar-refractivity contribution in [2.75, 3.05) is 13.6 Å². The number of nitrogens with zero attached hydrogens (tertiary/aromatic N) is 1. The van der Waals surface area contributed by atoms with E-state index in [2.05, 4.69) is 24.1 Å². The lowest BCUT2D eigenvalue weighted by atomic mass is 9.69. The summed E-state index contributed by atoms with van der Waals surface area (Å²) in [5, 5.41) is 10.2. The number of rotatable bonds is 2. The number of carbonyl (C=O) groups is 1. The first-order valence-corrected chi connectivity index (χ1v) is 11.0. The Morgan fingerprint density at radius 1 is 1.24 bits per heavy atom. The predicted molar refractivity (Wildman–Crippen MR) is 110 cm³/mol. The Hall–Kier alpha value is -1.85. The fraction of sp³-hybridized carbons (Fsp3) is 0.625. The molecule has 0 radical (unpaired) electrons. The third-order valence-electron chi connectivity index (χ3n) is 7.58. The summed E-state index contributed by atoms with van der Waals surface area (Å²) in [7, 11) is 2.14. The van der Waals surface area contributed by atoms with Gasteiger partial charge in [-0.05, 0) is 51.4 Å². The van der Waals surface area contributed by atoms with Crippen molar-refractivity contribution in [1.29, 1.82) is 0 Å². The first-order chi connectivity index (χ1) is 13.9. The van der Waals surface area contributed by atoms with Crippen LogP contribution >= 0.6 is 0 Å². The van der Waals surface area contributed by atoms with E-state index in [1.807, 2.05) is 19.1 Å². The predicted octanol–water partition coefficient (Wildman–Crippen LogP) is 3.72. The van der Waals surface area contributed by atoms with Crippen LogP contribution in [0.2, 0.25) is 0 Å². The van der Waals surface area contributed by atoms with Crippen molar-refractivity contribution in [3.63, 3.8) is 0 Å². The SMILES string of the molecule is CN1CC[C@@]23C=C[C@H](O)C[C@@H]2Oc2c(OC(=O)C4(C)CCCCC4)ccc(c23)C1. The molecule has 1 spiro atoms. The molecule has 4 aliphatic rings. The van der Waals surface area contributed by atoms with Gasteiger partial charge in [0.25, 0.3) is 0 Å². The van der Waals surface area contributed by atoms with E-state index in [4.69, 9.17) is 9.47 Å². The van der Waals surface area contributed by atoms with Crippen LogP contribution in [0.15, 0.2) is 24.3 Å². The number of esters is 1. The molecule has 2 heterocycles. The van der Waals surface area contributed by atoms with Gasteiger partial charge in [-0.2, -0.15) is 0 Å². The second kappa shape index (κ2) is 6.85. The molecule has 5 heteroatoms. The van der Waals surface area contributed by atoms with E-state index in [0.29, 0.717) is 17.9 Å². The highest BCUT2D eigenvalue weighted by Gasteiger charge is 2.53. The molecule has 1 saturated carbocycles. The van der Waals surface area contributed by atoms with Gasteiger partial charge in [0.05, 0.1) is 16.9 Å². The molecule has 0 amide bonds. The van der Waals surface area contributed by atoms with Gasteiger partial charge in [0.15, 0.2) is 11.5 Å². The molecule has 0 aromatic heterocycles. The summed E-state index contributed by atoms with van der Waals surface area (Å²) in [5.74, 6) is 1.12. The van der Waals surface area contributed by atoms with Crippen molar-refractivity contribution >= 4 is 5.97 Å². The van der Waals surface area contributed by atoms with Crippen molar-refractivity contribution < 1.29 is 19.4 Å². The molecule has 5 nitrogen and oxygen atoms in total. The van der Waals surface area contributed by atoms with Gasteiger partial charge >= 0.3 is 5.97 Å². The molecule has 29 heavy (non-hydrogen) atoms. The van der Waals surface area contributed by atoms with Crippen molar-refractivity contribution in [1.82, 2.24) is 4.90 Å². The zero-order chi connectivity index (χ0) is 20.2. The van der Waals surface area contributed by atoms with Gasteiger partial charge in [-0.1, -0.05) is 37.5 Å². The summed E-state index contributed by atoms with van der Waals surface area (Å²) < 4.78 is 12.4. The molecule has 1 aromatic rings. The third-order valence-corrected chi connectivity index (χ3v) is 7.58. The van der Waals surface area contributed by atoms with Crippen LogP contribution in [0.3, 0.4) is 0 Å². The molecule has 1 N–H and O–H groups in total. The minimum Gasteiger partial charge on any atom is -0.485 e. The normalized spacial score (nSPS) is 32.7. The monoisotopic (exact) mass is 397 g/mol. The van der Waals surface area contributed by atoms with Gasteiger partial charge < -0.3 is 19.5 Å². The highest BCUT2D eigenvalue weighted by molar-refractivity contribution is 5.80. The fourth-order valence-corrected chi connectivity index (χ4v) is 5.76. The second-order valence-electron chi connectivity index (χ2n) is 9.73. The summed E-state index contributed by atoms with van der Waals surface area (Å²) in [4.78, 5) is 15.4. The molecule has 0 unspecified atom stereocenters. The molecule has 2 aliphatic heterocycles. The Labute approximate surface area is 172 Å². The first kappa shape index (κ1) is 19.1. The van der Waals surface area contributed by atoms with Crippen molar-refractivity contribution in [3.05, 3.63) is 35.4 Å². The number of hydrogen-bond acceptors (Lipinski definition) is 5. The van der Waals surface area contributed by atoms with E-state index < -0.39 is 11.5 Å². The minimum atomic E-state index is -0.489. The van der Waals surface area contributed by atoms with Crippen LogP contribution in [0.4, 0.5) is 0 Å². The molecule has 156 valence electrons. The molecule has 2 aliphatic carbocycles. The number of carbonyl (C=O) groups excluding carboxylic acids is 1. The number of benzene rings is 1. The summed E-state index contributed by atoms with van der Waals surface area (Å²) in [6, 6.07) is 4.00.